The Morgan fingerprint density at radius 3 is 2.66 bits per heavy atom. The normalized spacial score (nSPS) is 23.2. The van der Waals surface area contributed by atoms with Crippen LogP contribution in [0.5, 0.6) is 0 Å². The number of pyridine rings is 1. The summed E-state index contributed by atoms with van der Waals surface area (Å²) in [4.78, 5) is 21.3. The molecule has 0 unspecified atom stereocenters. The van der Waals surface area contributed by atoms with Crippen molar-refractivity contribution in [1.82, 2.24) is 14.8 Å². The topological polar surface area (TPSA) is 54.9 Å². The van der Waals surface area contributed by atoms with Crippen molar-refractivity contribution in [2.24, 2.45) is 0 Å². The molecule has 1 aromatic heterocycles. The second kappa shape index (κ2) is 8.94. The molecule has 0 saturated carbocycles. The number of amides is 1. The van der Waals surface area contributed by atoms with Gasteiger partial charge in [0.2, 0.25) is 0 Å². The van der Waals surface area contributed by atoms with Crippen LogP contribution in [0.4, 0.5) is 8.78 Å². The van der Waals surface area contributed by atoms with Crippen LogP contribution < -0.4 is 0 Å². The van der Waals surface area contributed by atoms with Gasteiger partial charge in [0.05, 0.1) is 32.0 Å². The molecule has 2 aromatic rings. The van der Waals surface area contributed by atoms with Crippen molar-refractivity contribution in [1.29, 1.82) is 0 Å². The van der Waals surface area contributed by atoms with Crippen molar-refractivity contribution in [2.45, 2.75) is 12.1 Å². The molecule has 2 saturated heterocycles. The molecule has 1 aromatic carbocycles. The number of morpholine rings is 2. The number of rotatable bonds is 4. The molecule has 0 bridgehead atoms. The van der Waals surface area contributed by atoms with E-state index < -0.39 is 11.6 Å². The average molecular weight is 403 g/mol. The predicted molar refractivity (Wildman–Crippen MR) is 101 cm³/mol. The van der Waals surface area contributed by atoms with E-state index in [1.807, 2.05) is 12.1 Å². The summed E-state index contributed by atoms with van der Waals surface area (Å²) in [6, 6.07) is 6.59. The van der Waals surface area contributed by atoms with Crippen molar-refractivity contribution in [2.75, 3.05) is 46.0 Å². The van der Waals surface area contributed by atoms with Crippen LogP contribution in [0.2, 0.25) is 0 Å². The number of aromatic nitrogens is 1. The summed E-state index contributed by atoms with van der Waals surface area (Å²) in [6.45, 7) is 4.32. The van der Waals surface area contributed by atoms with Crippen LogP contribution in [0.15, 0.2) is 42.7 Å². The number of nitrogens with zero attached hydrogens (tertiary/aromatic N) is 3. The summed E-state index contributed by atoms with van der Waals surface area (Å²) in [5.74, 6) is -2.36. The lowest BCUT2D eigenvalue weighted by Crippen LogP contribution is -2.53. The van der Waals surface area contributed by atoms with E-state index in [1.54, 1.807) is 17.3 Å². The van der Waals surface area contributed by atoms with Crippen molar-refractivity contribution >= 4 is 5.91 Å². The number of carbonyl (C=O) groups excluding carboxylic acids is 1. The summed E-state index contributed by atoms with van der Waals surface area (Å²) in [7, 11) is 0. The Balaban J connectivity index is 1.63. The number of hydrogen-bond donors (Lipinski definition) is 0. The summed E-state index contributed by atoms with van der Waals surface area (Å²) in [5, 5.41) is 0. The van der Waals surface area contributed by atoms with E-state index in [4.69, 9.17) is 9.47 Å². The van der Waals surface area contributed by atoms with E-state index in [9.17, 15) is 13.6 Å². The maximum Gasteiger partial charge on any atom is 0.254 e. The first-order valence-electron chi connectivity index (χ1n) is 9.71. The molecule has 0 radical (unpaired) electrons. The fourth-order valence-corrected chi connectivity index (χ4v) is 3.89. The lowest BCUT2D eigenvalue weighted by molar-refractivity contribution is -0.0819. The lowest BCUT2D eigenvalue weighted by atomic mass is 9.97. The van der Waals surface area contributed by atoms with Crippen molar-refractivity contribution in [3.8, 4) is 0 Å². The molecule has 8 heteroatoms. The highest BCUT2D eigenvalue weighted by molar-refractivity contribution is 5.94. The molecule has 4 rings (SSSR count). The minimum atomic E-state index is -1.04. The fraction of sp³-hybridized carbons (Fsp3) is 0.429. The molecule has 29 heavy (non-hydrogen) atoms. The quantitative estimate of drug-likeness (QED) is 0.784. The molecule has 6 nitrogen and oxygen atoms in total. The van der Waals surface area contributed by atoms with Gasteiger partial charge < -0.3 is 14.4 Å². The zero-order chi connectivity index (χ0) is 20.2. The van der Waals surface area contributed by atoms with E-state index in [0.717, 1.165) is 30.8 Å². The van der Waals surface area contributed by atoms with Gasteiger partial charge in [0.25, 0.3) is 5.91 Å². The molecule has 3 heterocycles. The van der Waals surface area contributed by atoms with E-state index in [1.165, 1.54) is 6.07 Å². The molecular formula is C21H23F2N3O3. The third-order valence-corrected chi connectivity index (χ3v) is 5.35. The third kappa shape index (κ3) is 4.44. The zero-order valence-corrected chi connectivity index (χ0v) is 16.0. The van der Waals surface area contributed by atoms with Gasteiger partial charge in [-0.05, 0) is 29.8 Å². The SMILES string of the molecule is O=C(c1ccc(F)c(F)c1)N1CCO[C@@H](CN2CCOCC2)[C@@H]1c1cccnc1. The summed E-state index contributed by atoms with van der Waals surface area (Å²) >= 11 is 0. The maximum atomic E-state index is 13.7. The average Bonchev–Trinajstić information content (AvgIpc) is 2.76. The highest BCUT2D eigenvalue weighted by Crippen LogP contribution is 2.31. The van der Waals surface area contributed by atoms with Crippen LogP contribution in [0.1, 0.15) is 22.0 Å². The first-order valence-corrected chi connectivity index (χ1v) is 9.71. The number of ether oxygens (including phenoxy) is 2. The molecule has 0 spiro atoms. The van der Waals surface area contributed by atoms with Crippen LogP contribution in [0.25, 0.3) is 0 Å². The third-order valence-electron chi connectivity index (χ3n) is 5.35. The van der Waals surface area contributed by atoms with E-state index in [-0.39, 0.29) is 23.6 Å². The van der Waals surface area contributed by atoms with Gasteiger partial charge in [-0.1, -0.05) is 6.07 Å². The monoisotopic (exact) mass is 403 g/mol. The summed E-state index contributed by atoms with van der Waals surface area (Å²) in [5.41, 5.74) is 0.964. The first kappa shape index (κ1) is 19.9. The largest absolute Gasteiger partial charge is 0.379 e. The predicted octanol–water partition coefficient (Wildman–Crippen LogP) is 2.27. The summed E-state index contributed by atoms with van der Waals surface area (Å²) in [6.07, 6.45) is 3.13. The van der Waals surface area contributed by atoms with Gasteiger partial charge in [-0.15, -0.1) is 0 Å². The molecule has 2 aliphatic heterocycles. The van der Waals surface area contributed by atoms with Crippen molar-refractivity contribution in [3.63, 3.8) is 0 Å². The molecule has 0 aliphatic carbocycles. The second-order valence-electron chi connectivity index (χ2n) is 7.18. The smallest absolute Gasteiger partial charge is 0.254 e. The maximum absolute atomic E-state index is 13.7. The van der Waals surface area contributed by atoms with Crippen molar-refractivity contribution in [3.05, 3.63) is 65.5 Å². The fourth-order valence-electron chi connectivity index (χ4n) is 3.89. The van der Waals surface area contributed by atoms with Gasteiger partial charge in [-0.2, -0.15) is 0 Å². The number of hydrogen-bond acceptors (Lipinski definition) is 5. The highest BCUT2D eigenvalue weighted by Gasteiger charge is 2.38. The number of carbonyl (C=O) groups is 1. The molecule has 0 N–H and O–H groups in total. The van der Waals surface area contributed by atoms with E-state index >= 15 is 0 Å². The Bertz CT molecular complexity index is 846. The van der Waals surface area contributed by atoms with Gasteiger partial charge in [0, 0.05) is 44.1 Å². The minimum Gasteiger partial charge on any atom is -0.379 e. The molecule has 2 fully saturated rings. The Morgan fingerprint density at radius 2 is 1.93 bits per heavy atom. The Hall–Kier alpha value is -2.42. The molecule has 2 atom stereocenters. The second-order valence-corrected chi connectivity index (χ2v) is 7.18. The van der Waals surface area contributed by atoms with E-state index in [2.05, 4.69) is 9.88 Å². The lowest BCUT2D eigenvalue weighted by Gasteiger charge is -2.43. The highest BCUT2D eigenvalue weighted by atomic mass is 19.2. The zero-order valence-electron chi connectivity index (χ0n) is 16.0. The van der Waals surface area contributed by atoms with Crippen LogP contribution >= 0.6 is 0 Å². The van der Waals surface area contributed by atoms with Crippen molar-refractivity contribution < 1.29 is 23.0 Å². The van der Waals surface area contributed by atoms with Gasteiger partial charge in [0.1, 0.15) is 0 Å². The van der Waals surface area contributed by atoms with Gasteiger partial charge >= 0.3 is 0 Å². The van der Waals surface area contributed by atoms with Crippen LogP contribution in [-0.2, 0) is 9.47 Å². The van der Waals surface area contributed by atoms with Crippen LogP contribution in [-0.4, -0.2) is 72.8 Å². The molecular weight excluding hydrogens is 380 g/mol. The summed E-state index contributed by atoms with van der Waals surface area (Å²) < 4.78 is 38.5. The Morgan fingerprint density at radius 1 is 1.10 bits per heavy atom. The molecule has 1 amide bonds. The number of benzene rings is 1. The minimum absolute atomic E-state index is 0.116. The van der Waals surface area contributed by atoms with Crippen LogP contribution in [0, 0.1) is 11.6 Å². The van der Waals surface area contributed by atoms with Crippen LogP contribution in [0.3, 0.4) is 0 Å². The Kier molecular flexibility index (Phi) is 6.13. The molecule has 154 valence electrons. The standard InChI is InChI=1S/C21H23F2N3O3/c22-17-4-3-15(12-18(17)23)21(27)26-8-11-29-19(14-25-6-9-28-10-7-25)20(26)16-2-1-5-24-13-16/h1-5,12-13,19-20H,6-11,14H2/t19-,20-/m0/s1. The first-order chi connectivity index (χ1) is 14.1. The number of halogens is 2. The van der Waals surface area contributed by atoms with Gasteiger partial charge in [-0.3, -0.25) is 14.7 Å². The Labute approximate surface area is 168 Å². The van der Waals surface area contributed by atoms with E-state index in [0.29, 0.717) is 32.9 Å². The van der Waals surface area contributed by atoms with Gasteiger partial charge in [0.15, 0.2) is 11.6 Å². The molecule has 2 aliphatic rings. The van der Waals surface area contributed by atoms with Gasteiger partial charge in [-0.25, -0.2) is 8.78 Å².